The van der Waals surface area contributed by atoms with Gasteiger partial charge in [-0.2, -0.15) is 0 Å². The second kappa shape index (κ2) is 9.83. The highest BCUT2D eigenvalue weighted by atomic mass is 16.5. The van der Waals surface area contributed by atoms with E-state index in [0.29, 0.717) is 13.2 Å². The lowest BCUT2D eigenvalue weighted by molar-refractivity contribution is 0.110. The van der Waals surface area contributed by atoms with E-state index < -0.39 is 0 Å². The predicted molar refractivity (Wildman–Crippen MR) is 98.0 cm³/mol. The number of rotatable bonds is 10. The summed E-state index contributed by atoms with van der Waals surface area (Å²) in [5.41, 5.74) is 2.28. The lowest BCUT2D eigenvalue weighted by Crippen LogP contribution is -2.06. The Bertz CT molecular complexity index is 579. The minimum absolute atomic E-state index is 0.193. The van der Waals surface area contributed by atoms with Crippen molar-refractivity contribution < 1.29 is 14.2 Å². The first-order valence-corrected chi connectivity index (χ1v) is 8.47. The molecule has 2 rings (SSSR count). The van der Waals surface area contributed by atoms with Gasteiger partial charge in [-0.15, -0.1) is 0 Å². The molecular formula is C20H27NO3. The molecule has 24 heavy (non-hydrogen) atoms. The first kappa shape index (κ1) is 18.1. The van der Waals surface area contributed by atoms with E-state index in [-0.39, 0.29) is 6.10 Å². The Morgan fingerprint density at radius 3 is 2.17 bits per heavy atom. The van der Waals surface area contributed by atoms with Gasteiger partial charge in [-0.1, -0.05) is 12.1 Å². The van der Waals surface area contributed by atoms with Gasteiger partial charge in [0.15, 0.2) is 0 Å². The van der Waals surface area contributed by atoms with E-state index in [0.717, 1.165) is 30.3 Å². The zero-order valence-corrected chi connectivity index (χ0v) is 14.7. The fourth-order valence-corrected chi connectivity index (χ4v) is 2.19. The Morgan fingerprint density at radius 2 is 1.54 bits per heavy atom. The van der Waals surface area contributed by atoms with E-state index in [4.69, 9.17) is 14.2 Å². The second-order valence-corrected chi connectivity index (χ2v) is 5.73. The highest BCUT2D eigenvalue weighted by molar-refractivity contribution is 5.47. The molecule has 4 heteroatoms. The number of anilines is 1. The standard InChI is InChI=1S/C20H27NO3/c1-4-22-13-14-23-19-9-5-17(6-10-19)15-21-18-7-11-20(12-8-18)24-16(2)3/h5-12,16,21H,4,13-15H2,1-3H3. The van der Waals surface area contributed by atoms with Gasteiger partial charge in [-0.25, -0.2) is 0 Å². The molecule has 0 atom stereocenters. The molecule has 0 aliphatic carbocycles. The molecule has 0 heterocycles. The van der Waals surface area contributed by atoms with Crippen molar-refractivity contribution in [3.8, 4) is 11.5 Å². The molecule has 0 saturated heterocycles. The molecule has 4 nitrogen and oxygen atoms in total. The van der Waals surface area contributed by atoms with Crippen molar-refractivity contribution >= 4 is 5.69 Å². The molecule has 0 fully saturated rings. The zero-order chi connectivity index (χ0) is 17.2. The number of ether oxygens (including phenoxy) is 3. The third kappa shape index (κ3) is 6.50. The Balaban J connectivity index is 1.77. The quantitative estimate of drug-likeness (QED) is 0.651. The summed E-state index contributed by atoms with van der Waals surface area (Å²) in [6, 6.07) is 16.1. The van der Waals surface area contributed by atoms with Gasteiger partial charge in [0, 0.05) is 18.8 Å². The van der Waals surface area contributed by atoms with Crippen LogP contribution in [0.25, 0.3) is 0 Å². The van der Waals surface area contributed by atoms with Crippen LogP contribution in [0.3, 0.4) is 0 Å². The summed E-state index contributed by atoms with van der Waals surface area (Å²) in [6.07, 6.45) is 0.193. The van der Waals surface area contributed by atoms with Crippen molar-refractivity contribution in [1.82, 2.24) is 0 Å². The van der Waals surface area contributed by atoms with Crippen LogP contribution in [0.2, 0.25) is 0 Å². The van der Waals surface area contributed by atoms with Crippen LogP contribution in [0.5, 0.6) is 11.5 Å². The fourth-order valence-electron chi connectivity index (χ4n) is 2.19. The van der Waals surface area contributed by atoms with E-state index in [1.54, 1.807) is 0 Å². The Kier molecular flexibility index (Phi) is 7.43. The summed E-state index contributed by atoms with van der Waals surface area (Å²) < 4.78 is 16.5. The molecule has 130 valence electrons. The molecule has 0 spiro atoms. The van der Waals surface area contributed by atoms with Crippen molar-refractivity contribution in [2.75, 3.05) is 25.1 Å². The van der Waals surface area contributed by atoms with Crippen LogP contribution in [0.15, 0.2) is 48.5 Å². The topological polar surface area (TPSA) is 39.7 Å². The number of hydrogen-bond acceptors (Lipinski definition) is 4. The highest BCUT2D eigenvalue weighted by Crippen LogP contribution is 2.18. The van der Waals surface area contributed by atoms with Crippen molar-refractivity contribution in [2.24, 2.45) is 0 Å². The maximum absolute atomic E-state index is 5.64. The summed E-state index contributed by atoms with van der Waals surface area (Å²) in [5, 5.41) is 3.40. The van der Waals surface area contributed by atoms with Crippen LogP contribution in [-0.2, 0) is 11.3 Å². The van der Waals surface area contributed by atoms with Gasteiger partial charge in [-0.3, -0.25) is 0 Å². The van der Waals surface area contributed by atoms with E-state index in [1.807, 2.05) is 57.2 Å². The van der Waals surface area contributed by atoms with Crippen molar-refractivity contribution in [1.29, 1.82) is 0 Å². The zero-order valence-electron chi connectivity index (χ0n) is 14.7. The predicted octanol–water partition coefficient (Wildman–Crippen LogP) is 4.50. The molecule has 0 aliphatic heterocycles. The third-order valence-electron chi connectivity index (χ3n) is 3.35. The van der Waals surface area contributed by atoms with Crippen molar-refractivity contribution in [2.45, 2.75) is 33.4 Å². The Morgan fingerprint density at radius 1 is 0.875 bits per heavy atom. The van der Waals surface area contributed by atoms with Gasteiger partial charge in [0.05, 0.1) is 12.7 Å². The molecule has 0 aromatic heterocycles. The van der Waals surface area contributed by atoms with Gasteiger partial charge >= 0.3 is 0 Å². The molecule has 0 saturated carbocycles. The maximum atomic E-state index is 5.64. The monoisotopic (exact) mass is 329 g/mol. The molecule has 2 aromatic rings. The van der Waals surface area contributed by atoms with Crippen molar-refractivity contribution in [3.05, 3.63) is 54.1 Å². The SMILES string of the molecule is CCOCCOc1ccc(CNc2ccc(OC(C)C)cc2)cc1. The van der Waals surface area contributed by atoms with Crippen molar-refractivity contribution in [3.63, 3.8) is 0 Å². The summed E-state index contributed by atoms with van der Waals surface area (Å²) in [6.45, 7) is 8.72. The Hall–Kier alpha value is -2.20. The average molecular weight is 329 g/mol. The van der Waals surface area contributed by atoms with Crippen LogP contribution >= 0.6 is 0 Å². The van der Waals surface area contributed by atoms with Gasteiger partial charge in [0.25, 0.3) is 0 Å². The first-order chi connectivity index (χ1) is 11.7. The normalized spacial score (nSPS) is 10.7. The number of nitrogens with one attached hydrogen (secondary N) is 1. The van der Waals surface area contributed by atoms with Gasteiger partial charge < -0.3 is 19.5 Å². The summed E-state index contributed by atoms with van der Waals surface area (Å²) in [5.74, 6) is 1.76. The van der Waals surface area contributed by atoms with Crippen LogP contribution in [0.4, 0.5) is 5.69 Å². The van der Waals surface area contributed by atoms with E-state index in [9.17, 15) is 0 Å². The molecule has 2 aromatic carbocycles. The van der Waals surface area contributed by atoms with Crippen LogP contribution in [-0.4, -0.2) is 25.9 Å². The highest BCUT2D eigenvalue weighted by Gasteiger charge is 1.99. The Labute approximate surface area is 144 Å². The minimum atomic E-state index is 0.193. The molecule has 0 bridgehead atoms. The average Bonchev–Trinajstić information content (AvgIpc) is 2.59. The second-order valence-electron chi connectivity index (χ2n) is 5.73. The molecular weight excluding hydrogens is 302 g/mol. The lowest BCUT2D eigenvalue weighted by atomic mass is 10.2. The van der Waals surface area contributed by atoms with Gasteiger partial charge in [-0.05, 0) is 62.7 Å². The molecule has 0 amide bonds. The van der Waals surface area contributed by atoms with Crippen LogP contribution in [0, 0.1) is 0 Å². The molecule has 0 aliphatic rings. The van der Waals surface area contributed by atoms with Gasteiger partial charge in [0.1, 0.15) is 18.1 Å². The number of hydrogen-bond donors (Lipinski definition) is 1. The fraction of sp³-hybridized carbons (Fsp3) is 0.400. The minimum Gasteiger partial charge on any atom is -0.491 e. The number of benzene rings is 2. The largest absolute Gasteiger partial charge is 0.491 e. The van der Waals surface area contributed by atoms with Gasteiger partial charge in [0.2, 0.25) is 0 Å². The van der Waals surface area contributed by atoms with E-state index in [1.165, 1.54) is 5.56 Å². The maximum Gasteiger partial charge on any atom is 0.119 e. The summed E-state index contributed by atoms with van der Waals surface area (Å²) >= 11 is 0. The first-order valence-electron chi connectivity index (χ1n) is 8.47. The van der Waals surface area contributed by atoms with E-state index in [2.05, 4.69) is 17.4 Å². The van der Waals surface area contributed by atoms with Crippen LogP contribution < -0.4 is 14.8 Å². The lowest BCUT2D eigenvalue weighted by Gasteiger charge is -2.11. The van der Waals surface area contributed by atoms with Crippen LogP contribution in [0.1, 0.15) is 26.3 Å². The molecule has 1 N–H and O–H groups in total. The summed E-state index contributed by atoms with van der Waals surface area (Å²) in [7, 11) is 0. The molecule has 0 unspecified atom stereocenters. The third-order valence-corrected chi connectivity index (χ3v) is 3.35. The summed E-state index contributed by atoms with van der Waals surface area (Å²) in [4.78, 5) is 0. The van der Waals surface area contributed by atoms with E-state index >= 15 is 0 Å². The molecule has 0 radical (unpaired) electrons. The smallest absolute Gasteiger partial charge is 0.119 e.